The topological polar surface area (TPSA) is 67.2 Å². The summed E-state index contributed by atoms with van der Waals surface area (Å²) in [6.07, 6.45) is -0.792. The van der Waals surface area contributed by atoms with Gasteiger partial charge in [-0.1, -0.05) is 30.3 Å². The number of amides is 1. The van der Waals surface area contributed by atoms with E-state index in [0.29, 0.717) is 11.4 Å². The Morgan fingerprint density at radius 2 is 2.12 bits per heavy atom. The van der Waals surface area contributed by atoms with Gasteiger partial charge in [0, 0.05) is 5.56 Å². The number of aliphatic hydroxyl groups is 1. The molecule has 0 spiro atoms. The lowest BCUT2D eigenvalue weighted by molar-refractivity contribution is 0.0594. The molecule has 1 aliphatic heterocycles. The van der Waals surface area contributed by atoms with Crippen LogP contribution in [-0.2, 0) is 0 Å². The van der Waals surface area contributed by atoms with Crippen molar-refractivity contribution in [1.29, 1.82) is 0 Å². The van der Waals surface area contributed by atoms with Crippen molar-refractivity contribution < 1.29 is 9.90 Å². The van der Waals surface area contributed by atoms with E-state index in [1.54, 1.807) is 6.07 Å². The van der Waals surface area contributed by atoms with Crippen LogP contribution in [0, 0.1) is 0 Å². The van der Waals surface area contributed by atoms with Crippen molar-refractivity contribution in [2.45, 2.75) is 6.23 Å². The second-order valence-electron chi connectivity index (χ2n) is 3.92. The summed E-state index contributed by atoms with van der Waals surface area (Å²) in [5.41, 5.74) is 2.01. The first kappa shape index (κ1) is 10.0. The average Bonchev–Trinajstić information content (AvgIpc) is 2.81. The molecule has 2 heterocycles. The molecular formula is C12H11N3O2. The van der Waals surface area contributed by atoms with Gasteiger partial charge in [0.25, 0.3) is 5.91 Å². The molecule has 5 nitrogen and oxygen atoms in total. The zero-order valence-corrected chi connectivity index (χ0v) is 9.00. The SMILES string of the molecule is O=C1NC[C@@H](O)n2nc(-c3ccccc3)cc21. The Kier molecular flexibility index (Phi) is 2.19. The number of carbonyl (C=O) groups excluding carboxylic acids is 1. The summed E-state index contributed by atoms with van der Waals surface area (Å²) < 4.78 is 1.36. The Morgan fingerprint density at radius 3 is 2.82 bits per heavy atom. The highest BCUT2D eigenvalue weighted by Crippen LogP contribution is 2.22. The van der Waals surface area contributed by atoms with Crippen LogP contribution in [0.2, 0.25) is 0 Å². The Hall–Kier alpha value is -2.14. The second-order valence-corrected chi connectivity index (χ2v) is 3.92. The molecule has 0 fully saturated rings. The van der Waals surface area contributed by atoms with Crippen LogP contribution in [0.15, 0.2) is 36.4 Å². The maximum Gasteiger partial charge on any atom is 0.269 e. The van der Waals surface area contributed by atoms with Gasteiger partial charge >= 0.3 is 0 Å². The zero-order chi connectivity index (χ0) is 11.8. The molecule has 1 aromatic heterocycles. The summed E-state index contributed by atoms with van der Waals surface area (Å²) in [4.78, 5) is 11.6. The van der Waals surface area contributed by atoms with Crippen LogP contribution in [-0.4, -0.2) is 27.3 Å². The molecular weight excluding hydrogens is 218 g/mol. The van der Waals surface area contributed by atoms with Crippen LogP contribution in [0.1, 0.15) is 16.7 Å². The normalized spacial score (nSPS) is 18.6. The maximum atomic E-state index is 11.6. The van der Waals surface area contributed by atoms with E-state index in [4.69, 9.17) is 0 Å². The van der Waals surface area contributed by atoms with Crippen LogP contribution in [0.25, 0.3) is 11.3 Å². The molecule has 5 heteroatoms. The van der Waals surface area contributed by atoms with Crippen molar-refractivity contribution in [2.24, 2.45) is 0 Å². The summed E-state index contributed by atoms with van der Waals surface area (Å²) in [5, 5.41) is 16.6. The van der Waals surface area contributed by atoms with Crippen molar-refractivity contribution in [3.63, 3.8) is 0 Å². The second kappa shape index (κ2) is 3.71. The number of nitrogens with zero attached hydrogens (tertiary/aromatic N) is 2. The number of carbonyl (C=O) groups is 1. The summed E-state index contributed by atoms with van der Waals surface area (Å²) in [6.45, 7) is 0.196. The smallest absolute Gasteiger partial charge is 0.269 e. The lowest BCUT2D eigenvalue weighted by Crippen LogP contribution is -2.39. The quantitative estimate of drug-likeness (QED) is 0.759. The Balaban J connectivity index is 2.10. The van der Waals surface area contributed by atoms with Crippen molar-refractivity contribution in [1.82, 2.24) is 15.1 Å². The van der Waals surface area contributed by atoms with Crippen LogP contribution in [0.5, 0.6) is 0 Å². The van der Waals surface area contributed by atoms with E-state index < -0.39 is 6.23 Å². The van der Waals surface area contributed by atoms with Gasteiger partial charge in [-0.05, 0) is 6.07 Å². The monoisotopic (exact) mass is 229 g/mol. The number of hydrogen-bond acceptors (Lipinski definition) is 3. The van der Waals surface area contributed by atoms with Crippen LogP contribution in [0.3, 0.4) is 0 Å². The number of β-amino-alcohol motifs (C(OH)–C–C–N with tert-alkyl or cyclic N) is 1. The van der Waals surface area contributed by atoms with E-state index in [-0.39, 0.29) is 12.5 Å². The van der Waals surface area contributed by atoms with E-state index >= 15 is 0 Å². The molecule has 1 amide bonds. The first-order valence-electron chi connectivity index (χ1n) is 5.37. The highest BCUT2D eigenvalue weighted by molar-refractivity contribution is 5.94. The maximum absolute atomic E-state index is 11.6. The Morgan fingerprint density at radius 1 is 1.35 bits per heavy atom. The number of fused-ring (bicyclic) bond motifs is 1. The number of benzene rings is 1. The zero-order valence-electron chi connectivity index (χ0n) is 9.00. The van der Waals surface area contributed by atoms with Gasteiger partial charge < -0.3 is 10.4 Å². The lowest BCUT2D eigenvalue weighted by atomic mass is 10.1. The molecule has 17 heavy (non-hydrogen) atoms. The van der Waals surface area contributed by atoms with Gasteiger partial charge in [-0.3, -0.25) is 4.79 Å². The number of aromatic nitrogens is 2. The van der Waals surface area contributed by atoms with E-state index in [0.717, 1.165) is 5.56 Å². The molecule has 0 saturated heterocycles. The van der Waals surface area contributed by atoms with E-state index in [1.165, 1.54) is 4.68 Å². The summed E-state index contributed by atoms with van der Waals surface area (Å²) in [7, 11) is 0. The molecule has 2 aromatic rings. The van der Waals surface area contributed by atoms with Gasteiger partial charge in [0.2, 0.25) is 0 Å². The standard InChI is InChI=1S/C12H11N3O2/c16-11-7-13-12(17)10-6-9(14-15(10)11)8-4-2-1-3-5-8/h1-6,11,16H,7H2,(H,13,17)/t11-/m1/s1. The van der Waals surface area contributed by atoms with Crippen LogP contribution in [0.4, 0.5) is 0 Å². The molecule has 0 bridgehead atoms. The van der Waals surface area contributed by atoms with Gasteiger partial charge in [0.15, 0.2) is 6.23 Å². The van der Waals surface area contributed by atoms with Gasteiger partial charge in [-0.25, -0.2) is 4.68 Å². The summed E-state index contributed by atoms with van der Waals surface area (Å²) in [6, 6.07) is 11.2. The van der Waals surface area contributed by atoms with Crippen molar-refractivity contribution >= 4 is 5.91 Å². The summed E-state index contributed by atoms with van der Waals surface area (Å²) >= 11 is 0. The predicted octanol–water partition coefficient (Wildman–Crippen LogP) is 0.784. The molecule has 1 aromatic carbocycles. The van der Waals surface area contributed by atoms with Crippen LogP contribution >= 0.6 is 0 Å². The highest BCUT2D eigenvalue weighted by Gasteiger charge is 2.25. The van der Waals surface area contributed by atoms with Crippen LogP contribution < -0.4 is 5.32 Å². The van der Waals surface area contributed by atoms with Gasteiger partial charge in [-0.15, -0.1) is 0 Å². The van der Waals surface area contributed by atoms with Crippen molar-refractivity contribution in [3.8, 4) is 11.3 Å². The molecule has 86 valence electrons. The minimum atomic E-state index is -0.792. The fourth-order valence-electron chi connectivity index (χ4n) is 1.90. The van der Waals surface area contributed by atoms with Gasteiger partial charge in [0.05, 0.1) is 12.2 Å². The molecule has 1 aliphatic rings. The number of nitrogens with one attached hydrogen (secondary N) is 1. The molecule has 0 aliphatic carbocycles. The number of rotatable bonds is 1. The van der Waals surface area contributed by atoms with Gasteiger partial charge in [0.1, 0.15) is 5.69 Å². The molecule has 1 atom stereocenters. The first-order valence-corrected chi connectivity index (χ1v) is 5.37. The van der Waals surface area contributed by atoms with Gasteiger partial charge in [-0.2, -0.15) is 5.10 Å². The third-order valence-corrected chi connectivity index (χ3v) is 2.77. The number of aliphatic hydroxyl groups excluding tert-OH is 1. The van der Waals surface area contributed by atoms with E-state index in [9.17, 15) is 9.90 Å². The molecule has 0 unspecified atom stereocenters. The van der Waals surface area contributed by atoms with E-state index in [2.05, 4.69) is 10.4 Å². The summed E-state index contributed by atoms with van der Waals surface area (Å²) in [5.74, 6) is -0.204. The molecule has 0 radical (unpaired) electrons. The molecule has 3 rings (SSSR count). The first-order chi connectivity index (χ1) is 8.25. The highest BCUT2D eigenvalue weighted by atomic mass is 16.3. The largest absolute Gasteiger partial charge is 0.370 e. The third kappa shape index (κ3) is 1.60. The third-order valence-electron chi connectivity index (χ3n) is 2.77. The molecule has 0 saturated carbocycles. The predicted molar refractivity (Wildman–Crippen MR) is 61.3 cm³/mol. The Labute approximate surface area is 97.7 Å². The average molecular weight is 229 g/mol. The fourth-order valence-corrected chi connectivity index (χ4v) is 1.90. The lowest BCUT2D eigenvalue weighted by Gasteiger charge is -2.19. The minimum absolute atomic E-state index is 0.196. The van der Waals surface area contributed by atoms with E-state index in [1.807, 2.05) is 30.3 Å². The van der Waals surface area contributed by atoms with Crippen molar-refractivity contribution in [2.75, 3.05) is 6.54 Å². The number of hydrogen-bond donors (Lipinski definition) is 2. The van der Waals surface area contributed by atoms with Crippen molar-refractivity contribution in [3.05, 3.63) is 42.1 Å². The Bertz CT molecular complexity index is 562. The minimum Gasteiger partial charge on any atom is -0.370 e. The molecule has 2 N–H and O–H groups in total. The fraction of sp³-hybridized carbons (Fsp3) is 0.167.